The van der Waals surface area contributed by atoms with E-state index < -0.39 is 31.1 Å². The smallest absolute Gasteiger partial charge is 0.157 e. The van der Waals surface area contributed by atoms with Crippen molar-refractivity contribution in [3.8, 4) is 0 Å². The van der Waals surface area contributed by atoms with Crippen LogP contribution < -0.4 is 0 Å². The molecule has 0 saturated carbocycles. The van der Waals surface area contributed by atoms with Gasteiger partial charge < -0.3 is 20.1 Å². The summed E-state index contributed by atoms with van der Waals surface area (Å²) in [5.41, 5.74) is 0. The van der Waals surface area contributed by atoms with Crippen molar-refractivity contribution in [3.05, 3.63) is 4.91 Å². The summed E-state index contributed by atoms with van der Waals surface area (Å²) >= 11 is 0. The summed E-state index contributed by atoms with van der Waals surface area (Å²) in [7, 11) is 0. The number of rotatable bonds is 2. The zero-order chi connectivity index (χ0) is 9.14. The molecule has 1 fully saturated rings. The van der Waals surface area contributed by atoms with Gasteiger partial charge >= 0.3 is 0 Å². The molecule has 0 aliphatic carbocycles. The number of hydrogen-bond acceptors (Lipinski definition) is 6. The largest absolute Gasteiger partial charge is 0.394 e. The molecule has 12 heavy (non-hydrogen) atoms. The van der Waals surface area contributed by atoms with Gasteiger partial charge in [-0.25, -0.2) is 0 Å². The molecule has 1 saturated heterocycles. The summed E-state index contributed by atoms with van der Waals surface area (Å²) in [5, 5.41) is 29.5. The molecule has 1 rings (SSSR count). The number of hydrogen-bond donors (Lipinski definition) is 3. The van der Waals surface area contributed by atoms with Gasteiger partial charge in [0.15, 0.2) is 6.29 Å². The van der Waals surface area contributed by atoms with Crippen molar-refractivity contribution >= 4 is 0 Å². The summed E-state index contributed by atoms with van der Waals surface area (Å²) in [6.45, 7) is -0.440. The maximum absolute atomic E-state index is 10.1. The van der Waals surface area contributed by atoms with Gasteiger partial charge in [-0.1, -0.05) is 5.18 Å². The first-order chi connectivity index (χ1) is 5.69. The standard InChI is InChI=1S/C6H11NO5/c8-2-4-6(10)3(7-11)1-5(9)12-4/h3-6,8-10H,1-2H2/t3-,4-,5+,6+/m1/s1. The Morgan fingerprint density at radius 2 is 2.17 bits per heavy atom. The van der Waals surface area contributed by atoms with Gasteiger partial charge in [-0.2, -0.15) is 4.91 Å². The van der Waals surface area contributed by atoms with E-state index in [1.165, 1.54) is 0 Å². The fraction of sp³-hybridized carbons (Fsp3) is 1.00. The normalized spacial score (nSPS) is 42.6. The Bertz CT molecular complexity index is 164. The first kappa shape index (κ1) is 9.53. The van der Waals surface area contributed by atoms with E-state index >= 15 is 0 Å². The van der Waals surface area contributed by atoms with E-state index in [2.05, 4.69) is 5.18 Å². The Balaban J connectivity index is 2.60. The first-order valence-electron chi connectivity index (χ1n) is 3.64. The molecule has 0 radical (unpaired) electrons. The van der Waals surface area contributed by atoms with Gasteiger partial charge in [-0.05, 0) is 0 Å². The van der Waals surface area contributed by atoms with E-state index in [4.69, 9.17) is 14.9 Å². The van der Waals surface area contributed by atoms with E-state index in [-0.39, 0.29) is 6.42 Å². The van der Waals surface area contributed by atoms with Crippen LogP contribution in [0.25, 0.3) is 0 Å². The van der Waals surface area contributed by atoms with Gasteiger partial charge in [0.2, 0.25) is 0 Å². The van der Waals surface area contributed by atoms with Crippen molar-refractivity contribution in [2.75, 3.05) is 6.61 Å². The van der Waals surface area contributed by atoms with Gasteiger partial charge in [0.1, 0.15) is 18.2 Å². The molecule has 1 aliphatic heterocycles. The van der Waals surface area contributed by atoms with E-state index in [1.807, 2.05) is 0 Å². The highest BCUT2D eigenvalue weighted by atomic mass is 16.6. The van der Waals surface area contributed by atoms with Crippen LogP contribution in [0.5, 0.6) is 0 Å². The van der Waals surface area contributed by atoms with Crippen LogP contribution in [0.3, 0.4) is 0 Å². The van der Waals surface area contributed by atoms with Crippen LogP contribution >= 0.6 is 0 Å². The number of aliphatic hydroxyl groups excluding tert-OH is 3. The third-order valence-corrected chi connectivity index (χ3v) is 1.87. The highest BCUT2D eigenvalue weighted by molar-refractivity contribution is 4.86. The Kier molecular flexibility index (Phi) is 3.10. The predicted octanol–water partition coefficient (Wildman–Crippen LogP) is -1.42. The molecule has 70 valence electrons. The number of ether oxygens (including phenoxy) is 1. The Morgan fingerprint density at radius 1 is 1.50 bits per heavy atom. The lowest BCUT2D eigenvalue weighted by Gasteiger charge is -2.32. The third kappa shape index (κ3) is 1.78. The van der Waals surface area contributed by atoms with Crippen LogP contribution in [0.2, 0.25) is 0 Å². The molecular weight excluding hydrogens is 166 g/mol. The average molecular weight is 177 g/mol. The molecule has 0 bridgehead atoms. The Hall–Kier alpha value is -0.560. The average Bonchev–Trinajstić information content (AvgIpc) is 2.08. The summed E-state index contributed by atoms with van der Waals surface area (Å²) in [6.07, 6.45) is -3.21. The molecular formula is C6H11NO5. The molecule has 1 aliphatic rings. The second kappa shape index (κ2) is 3.90. The minimum absolute atomic E-state index is 0.0266. The fourth-order valence-corrected chi connectivity index (χ4v) is 1.19. The van der Waals surface area contributed by atoms with Crippen molar-refractivity contribution in [1.29, 1.82) is 0 Å². The molecule has 6 nitrogen and oxygen atoms in total. The van der Waals surface area contributed by atoms with Crippen molar-refractivity contribution in [2.45, 2.75) is 31.0 Å². The topological polar surface area (TPSA) is 99.4 Å². The molecule has 0 aromatic rings. The van der Waals surface area contributed by atoms with E-state index in [0.717, 1.165) is 0 Å². The van der Waals surface area contributed by atoms with Crippen molar-refractivity contribution in [3.63, 3.8) is 0 Å². The molecule has 0 unspecified atom stereocenters. The van der Waals surface area contributed by atoms with Gasteiger partial charge in [0, 0.05) is 6.42 Å². The molecule has 0 aromatic heterocycles. The Labute approximate surface area is 68.7 Å². The first-order valence-corrected chi connectivity index (χ1v) is 3.64. The van der Waals surface area contributed by atoms with Crippen LogP contribution in [-0.2, 0) is 4.74 Å². The highest BCUT2D eigenvalue weighted by Crippen LogP contribution is 2.20. The molecule has 6 heteroatoms. The molecule has 4 atom stereocenters. The van der Waals surface area contributed by atoms with Crippen LogP contribution in [0.15, 0.2) is 5.18 Å². The van der Waals surface area contributed by atoms with Crippen molar-refractivity contribution in [1.82, 2.24) is 0 Å². The monoisotopic (exact) mass is 177 g/mol. The molecule has 0 spiro atoms. The minimum atomic E-state index is -1.13. The third-order valence-electron chi connectivity index (χ3n) is 1.87. The fourth-order valence-electron chi connectivity index (χ4n) is 1.19. The van der Waals surface area contributed by atoms with Gasteiger partial charge in [0.25, 0.3) is 0 Å². The maximum atomic E-state index is 10.1. The minimum Gasteiger partial charge on any atom is -0.394 e. The number of nitroso groups, excluding NO2 is 1. The lowest BCUT2D eigenvalue weighted by Crippen LogP contribution is -2.48. The summed E-state index contributed by atoms with van der Waals surface area (Å²) < 4.78 is 4.74. The number of nitrogens with zero attached hydrogens (tertiary/aromatic N) is 1. The maximum Gasteiger partial charge on any atom is 0.157 e. The van der Waals surface area contributed by atoms with Crippen LogP contribution in [-0.4, -0.2) is 46.5 Å². The Morgan fingerprint density at radius 3 is 2.67 bits per heavy atom. The molecule has 0 amide bonds. The predicted molar refractivity (Wildman–Crippen MR) is 38.2 cm³/mol. The van der Waals surface area contributed by atoms with E-state index in [9.17, 15) is 10.0 Å². The molecule has 3 N–H and O–H groups in total. The summed E-state index contributed by atoms with van der Waals surface area (Å²) in [4.78, 5) is 10.1. The quantitative estimate of drug-likeness (QED) is 0.449. The zero-order valence-corrected chi connectivity index (χ0v) is 6.33. The SMILES string of the molecule is O=N[C@@H]1C[C@@H](O)O[C@H](CO)[C@H]1O. The van der Waals surface area contributed by atoms with Gasteiger partial charge in [-0.15, -0.1) is 0 Å². The van der Waals surface area contributed by atoms with Crippen LogP contribution in [0.1, 0.15) is 6.42 Å². The lowest BCUT2D eigenvalue weighted by atomic mass is 10.0. The van der Waals surface area contributed by atoms with Crippen molar-refractivity contribution in [2.24, 2.45) is 5.18 Å². The van der Waals surface area contributed by atoms with E-state index in [1.54, 1.807) is 0 Å². The number of aliphatic hydroxyl groups is 3. The van der Waals surface area contributed by atoms with Crippen LogP contribution in [0.4, 0.5) is 0 Å². The highest BCUT2D eigenvalue weighted by Gasteiger charge is 2.37. The second-order valence-corrected chi connectivity index (χ2v) is 2.71. The molecule has 1 heterocycles. The van der Waals surface area contributed by atoms with E-state index in [0.29, 0.717) is 0 Å². The van der Waals surface area contributed by atoms with Gasteiger partial charge in [0.05, 0.1) is 6.61 Å². The summed E-state index contributed by atoms with van der Waals surface area (Å²) in [5.74, 6) is 0. The van der Waals surface area contributed by atoms with Crippen LogP contribution in [0, 0.1) is 4.91 Å². The van der Waals surface area contributed by atoms with Crippen molar-refractivity contribution < 1.29 is 20.1 Å². The summed E-state index contributed by atoms with van der Waals surface area (Å²) in [6, 6.07) is -0.897. The second-order valence-electron chi connectivity index (χ2n) is 2.71. The zero-order valence-electron chi connectivity index (χ0n) is 6.33. The van der Waals surface area contributed by atoms with Gasteiger partial charge in [-0.3, -0.25) is 0 Å². The molecule has 0 aromatic carbocycles. The lowest BCUT2D eigenvalue weighted by molar-refractivity contribution is -0.213.